The molecule has 0 radical (unpaired) electrons. The van der Waals surface area contributed by atoms with E-state index in [2.05, 4.69) is 15.0 Å². The number of fused-ring (bicyclic) bond motifs is 1. The van der Waals surface area contributed by atoms with Gasteiger partial charge < -0.3 is 9.72 Å². The summed E-state index contributed by atoms with van der Waals surface area (Å²) in [7, 11) is 1.58. The number of benzene rings is 2. The van der Waals surface area contributed by atoms with Crippen molar-refractivity contribution in [3.8, 4) is 28.3 Å². The molecule has 7 heteroatoms. The third kappa shape index (κ3) is 3.36. The van der Waals surface area contributed by atoms with Gasteiger partial charge in [0, 0.05) is 17.3 Å². The highest BCUT2D eigenvalue weighted by molar-refractivity contribution is 5.81. The lowest BCUT2D eigenvalue weighted by molar-refractivity contribution is -0.137. The van der Waals surface area contributed by atoms with Crippen molar-refractivity contribution in [1.82, 2.24) is 15.0 Å². The second kappa shape index (κ2) is 6.42. The van der Waals surface area contributed by atoms with Crippen LogP contribution in [0.3, 0.4) is 0 Å². The SMILES string of the molecule is COc1cccc(-c2nc3cc(-c4cccc(C(F)(F)F)c4)cnc3[nH]2)c1. The molecule has 0 aliphatic heterocycles. The number of aromatic amines is 1. The summed E-state index contributed by atoms with van der Waals surface area (Å²) in [5.74, 6) is 1.31. The number of hydrogen-bond donors (Lipinski definition) is 1. The Morgan fingerprint density at radius 3 is 2.48 bits per heavy atom. The summed E-state index contributed by atoms with van der Waals surface area (Å²) in [6.07, 6.45) is -2.86. The summed E-state index contributed by atoms with van der Waals surface area (Å²) >= 11 is 0. The molecule has 0 atom stereocenters. The van der Waals surface area contributed by atoms with Crippen LogP contribution in [-0.2, 0) is 6.18 Å². The molecule has 0 bridgehead atoms. The molecule has 0 aliphatic carbocycles. The van der Waals surface area contributed by atoms with E-state index in [4.69, 9.17) is 4.74 Å². The largest absolute Gasteiger partial charge is 0.497 e. The number of aromatic nitrogens is 3. The number of pyridine rings is 1. The predicted molar refractivity (Wildman–Crippen MR) is 96.3 cm³/mol. The molecule has 4 rings (SSSR count). The summed E-state index contributed by atoms with van der Waals surface area (Å²) in [5, 5.41) is 0. The summed E-state index contributed by atoms with van der Waals surface area (Å²) in [6, 6.07) is 14.3. The number of methoxy groups -OCH3 is 1. The van der Waals surface area contributed by atoms with Gasteiger partial charge in [-0.2, -0.15) is 13.2 Å². The first-order chi connectivity index (χ1) is 12.9. The highest BCUT2D eigenvalue weighted by Crippen LogP contribution is 2.32. The Labute approximate surface area is 152 Å². The quantitative estimate of drug-likeness (QED) is 0.532. The van der Waals surface area contributed by atoms with E-state index >= 15 is 0 Å². The minimum atomic E-state index is -4.39. The Kier molecular flexibility index (Phi) is 4.07. The minimum Gasteiger partial charge on any atom is -0.497 e. The Morgan fingerprint density at radius 2 is 1.70 bits per heavy atom. The number of rotatable bonds is 3. The maximum absolute atomic E-state index is 12.9. The number of imidazole rings is 1. The van der Waals surface area contributed by atoms with Crippen LogP contribution in [0.4, 0.5) is 13.2 Å². The molecule has 0 amide bonds. The summed E-state index contributed by atoms with van der Waals surface area (Å²) in [5.41, 5.74) is 2.26. The van der Waals surface area contributed by atoms with Crippen molar-refractivity contribution in [2.75, 3.05) is 7.11 Å². The maximum Gasteiger partial charge on any atom is 0.416 e. The first kappa shape index (κ1) is 17.1. The van der Waals surface area contributed by atoms with Crippen LogP contribution in [-0.4, -0.2) is 22.1 Å². The fraction of sp³-hybridized carbons (Fsp3) is 0.100. The highest BCUT2D eigenvalue weighted by Gasteiger charge is 2.30. The van der Waals surface area contributed by atoms with Crippen molar-refractivity contribution in [2.45, 2.75) is 6.18 Å². The van der Waals surface area contributed by atoms with Gasteiger partial charge in [-0.15, -0.1) is 0 Å². The monoisotopic (exact) mass is 369 g/mol. The number of hydrogen-bond acceptors (Lipinski definition) is 3. The van der Waals surface area contributed by atoms with E-state index < -0.39 is 11.7 Å². The lowest BCUT2D eigenvalue weighted by Gasteiger charge is -2.08. The molecule has 136 valence electrons. The van der Waals surface area contributed by atoms with Crippen LogP contribution in [0.1, 0.15) is 5.56 Å². The lowest BCUT2D eigenvalue weighted by atomic mass is 10.0. The Morgan fingerprint density at radius 1 is 0.926 bits per heavy atom. The van der Waals surface area contributed by atoms with Gasteiger partial charge in [0.2, 0.25) is 0 Å². The van der Waals surface area contributed by atoms with Gasteiger partial charge in [0.05, 0.1) is 12.7 Å². The van der Waals surface area contributed by atoms with Crippen LogP contribution in [0.2, 0.25) is 0 Å². The van der Waals surface area contributed by atoms with Gasteiger partial charge in [0.1, 0.15) is 17.1 Å². The van der Waals surface area contributed by atoms with Crippen molar-refractivity contribution >= 4 is 11.2 Å². The predicted octanol–water partition coefficient (Wildman–Crippen LogP) is 5.32. The first-order valence-corrected chi connectivity index (χ1v) is 8.12. The standard InChI is InChI=1S/C20H14F3N3O/c1-27-16-7-3-5-13(9-16)18-25-17-10-14(11-24-19(17)26-18)12-4-2-6-15(8-12)20(21,22)23/h2-11H,1H3,(H,24,25,26). The molecule has 27 heavy (non-hydrogen) atoms. The molecule has 0 fully saturated rings. The van der Waals surface area contributed by atoms with Gasteiger partial charge >= 0.3 is 6.18 Å². The molecule has 4 nitrogen and oxygen atoms in total. The summed E-state index contributed by atoms with van der Waals surface area (Å²) in [6.45, 7) is 0. The average Bonchev–Trinajstić information content (AvgIpc) is 3.11. The molecule has 2 aromatic heterocycles. The van der Waals surface area contributed by atoms with Crippen molar-refractivity contribution < 1.29 is 17.9 Å². The van der Waals surface area contributed by atoms with Crippen molar-refractivity contribution in [2.24, 2.45) is 0 Å². The summed E-state index contributed by atoms with van der Waals surface area (Å²) in [4.78, 5) is 11.9. The van der Waals surface area contributed by atoms with E-state index in [0.29, 0.717) is 33.9 Å². The zero-order chi connectivity index (χ0) is 19.0. The zero-order valence-electron chi connectivity index (χ0n) is 14.2. The number of nitrogens with one attached hydrogen (secondary N) is 1. The fourth-order valence-electron chi connectivity index (χ4n) is 2.84. The average molecular weight is 369 g/mol. The van der Waals surface area contributed by atoms with Gasteiger partial charge in [-0.25, -0.2) is 9.97 Å². The molecule has 0 unspecified atom stereocenters. The molecule has 4 aromatic rings. The van der Waals surface area contributed by atoms with Crippen LogP contribution >= 0.6 is 0 Å². The molecule has 2 aromatic carbocycles. The van der Waals surface area contributed by atoms with Crippen LogP contribution in [0, 0.1) is 0 Å². The van der Waals surface area contributed by atoms with Crippen LogP contribution in [0.15, 0.2) is 60.8 Å². The number of nitrogens with zero attached hydrogens (tertiary/aromatic N) is 2. The van der Waals surface area contributed by atoms with Gasteiger partial charge in [0.25, 0.3) is 0 Å². The Bertz CT molecular complexity index is 1120. The van der Waals surface area contributed by atoms with E-state index in [1.165, 1.54) is 12.3 Å². The normalized spacial score (nSPS) is 11.7. The molecule has 0 spiro atoms. The third-order valence-electron chi connectivity index (χ3n) is 4.20. The Hall–Kier alpha value is -3.35. The number of halogens is 3. The van der Waals surface area contributed by atoms with E-state index in [9.17, 15) is 13.2 Å². The van der Waals surface area contributed by atoms with Crippen LogP contribution in [0.25, 0.3) is 33.7 Å². The second-order valence-corrected chi connectivity index (χ2v) is 5.99. The van der Waals surface area contributed by atoms with Gasteiger partial charge in [-0.1, -0.05) is 24.3 Å². The van der Waals surface area contributed by atoms with Gasteiger partial charge in [-0.3, -0.25) is 0 Å². The fourth-order valence-corrected chi connectivity index (χ4v) is 2.84. The topological polar surface area (TPSA) is 50.8 Å². The van der Waals surface area contributed by atoms with Crippen LogP contribution < -0.4 is 4.74 Å². The van der Waals surface area contributed by atoms with Crippen molar-refractivity contribution in [3.63, 3.8) is 0 Å². The lowest BCUT2D eigenvalue weighted by Crippen LogP contribution is -2.04. The molecule has 0 saturated heterocycles. The molecular formula is C20H14F3N3O. The number of ether oxygens (including phenoxy) is 1. The number of alkyl halides is 3. The summed E-state index contributed by atoms with van der Waals surface area (Å²) < 4.78 is 44.1. The van der Waals surface area contributed by atoms with Gasteiger partial charge in [-0.05, 0) is 35.9 Å². The maximum atomic E-state index is 12.9. The van der Waals surface area contributed by atoms with Crippen LogP contribution in [0.5, 0.6) is 5.75 Å². The molecule has 0 aliphatic rings. The smallest absolute Gasteiger partial charge is 0.416 e. The first-order valence-electron chi connectivity index (χ1n) is 8.12. The molecule has 0 saturated carbocycles. The van der Waals surface area contributed by atoms with Gasteiger partial charge in [0.15, 0.2) is 5.65 Å². The number of H-pyrrole nitrogens is 1. The third-order valence-corrected chi connectivity index (χ3v) is 4.20. The van der Waals surface area contributed by atoms with Crippen molar-refractivity contribution in [3.05, 3.63) is 66.4 Å². The molecule has 1 N–H and O–H groups in total. The van der Waals surface area contributed by atoms with E-state index in [1.807, 2.05) is 24.3 Å². The Balaban J connectivity index is 1.75. The molecule has 2 heterocycles. The zero-order valence-corrected chi connectivity index (χ0v) is 14.2. The van der Waals surface area contributed by atoms with E-state index in [-0.39, 0.29) is 0 Å². The molecular weight excluding hydrogens is 355 g/mol. The van der Waals surface area contributed by atoms with E-state index in [1.54, 1.807) is 19.2 Å². The van der Waals surface area contributed by atoms with E-state index in [0.717, 1.165) is 17.7 Å². The second-order valence-electron chi connectivity index (χ2n) is 5.99. The highest BCUT2D eigenvalue weighted by atomic mass is 19.4. The van der Waals surface area contributed by atoms with Crippen molar-refractivity contribution in [1.29, 1.82) is 0 Å². The minimum absolute atomic E-state index is 0.435.